The third kappa shape index (κ3) is 4.35. The Kier molecular flexibility index (Phi) is 5.61. The molecule has 102 valence electrons. The van der Waals surface area contributed by atoms with Crippen LogP contribution in [0.2, 0.25) is 0 Å². The summed E-state index contributed by atoms with van der Waals surface area (Å²) in [6.45, 7) is 2.80. The third-order valence-electron chi connectivity index (χ3n) is 3.05. The Morgan fingerprint density at radius 3 is 2.72 bits per heavy atom. The van der Waals surface area contributed by atoms with E-state index in [4.69, 9.17) is 0 Å². The fourth-order valence-corrected chi connectivity index (χ4v) is 1.93. The van der Waals surface area contributed by atoms with Crippen LogP contribution in [-0.2, 0) is 14.4 Å². The quantitative estimate of drug-likeness (QED) is 0.704. The molecular formula is C12H21N3O3. The van der Waals surface area contributed by atoms with Crippen LogP contribution in [0.5, 0.6) is 0 Å². The molecule has 6 heteroatoms. The van der Waals surface area contributed by atoms with E-state index in [1.165, 1.54) is 7.05 Å². The smallest absolute Gasteiger partial charge is 0.242 e. The van der Waals surface area contributed by atoms with Gasteiger partial charge in [-0.25, -0.2) is 0 Å². The van der Waals surface area contributed by atoms with Gasteiger partial charge in [-0.15, -0.1) is 0 Å². The van der Waals surface area contributed by atoms with Crippen molar-refractivity contribution in [2.24, 2.45) is 0 Å². The molecule has 0 aliphatic carbocycles. The van der Waals surface area contributed by atoms with Crippen molar-refractivity contribution in [2.45, 2.75) is 38.6 Å². The molecule has 18 heavy (non-hydrogen) atoms. The molecule has 1 atom stereocenters. The fraction of sp³-hybridized carbons (Fsp3) is 0.750. The first-order chi connectivity index (χ1) is 8.54. The summed E-state index contributed by atoms with van der Waals surface area (Å²) in [5.74, 6) is -0.310. The molecule has 1 heterocycles. The van der Waals surface area contributed by atoms with Crippen LogP contribution < -0.4 is 10.6 Å². The second kappa shape index (κ2) is 6.98. The highest BCUT2D eigenvalue weighted by molar-refractivity contribution is 5.87. The molecule has 0 saturated carbocycles. The molecule has 1 aliphatic heterocycles. The lowest BCUT2D eigenvalue weighted by Gasteiger charge is -2.26. The largest absolute Gasteiger partial charge is 0.357 e. The van der Waals surface area contributed by atoms with Crippen molar-refractivity contribution in [3.8, 4) is 0 Å². The second-order valence-electron chi connectivity index (χ2n) is 4.49. The summed E-state index contributed by atoms with van der Waals surface area (Å²) in [4.78, 5) is 36.0. The monoisotopic (exact) mass is 255 g/mol. The number of nitrogens with zero attached hydrogens (tertiary/aromatic N) is 1. The number of nitrogens with one attached hydrogen (secondary N) is 2. The van der Waals surface area contributed by atoms with E-state index in [1.807, 2.05) is 0 Å². The zero-order chi connectivity index (χ0) is 13.5. The first kappa shape index (κ1) is 14.5. The maximum atomic E-state index is 11.6. The van der Waals surface area contributed by atoms with Gasteiger partial charge in [-0.2, -0.15) is 0 Å². The minimum atomic E-state index is -0.542. The molecular weight excluding hydrogens is 234 g/mol. The molecule has 0 aromatic heterocycles. The van der Waals surface area contributed by atoms with Crippen LogP contribution in [0.15, 0.2) is 0 Å². The van der Waals surface area contributed by atoms with E-state index in [9.17, 15) is 14.4 Å². The molecule has 3 amide bonds. The van der Waals surface area contributed by atoms with Crippen molar-refractivity contribution < 1.29 is 14.4 Å². The Labute approximate surface area is 107 Å². The average molecular weight is 255 g/mol. The summed E-state index contributed by atoms with van der Waals surface area (Å²) in [5, 5.41) is 5.06. The van der Waals surface area contributed by atoms with Gasteiger partial charge in [-0.1, -0.05) is 0 Å². The minimum absolute atomic E-state index is 0.119. The van der Waals surface area contributed by atoms with Gasteiger partial charge in [0.05, 0.1) is 0 Å². The van der Waals surface area contributed by atoms with Crippen LogP contribution in [0.1, 0.15) is 32.6 Å². The SMILES string of the molecule is CNC(=O)[C@H](C)NC(=O)CCN1CCCCC1=O. The number of amides is 3. The summed E-state index contributed by atoms with van der Waals surface area (Å²) in [6, 6.07) is -0.542. The van der Waals surface area contributed by atoms with Gasteiger partial charge < -0.3 is 15.5 Å². The van der Waals surface area contributed by atoms with Crippen molar-refractivity contribution in [3.63, 3.8) is 0 Å². The molecule has 0 radical (unpaired) electrons. The van der Waals surface area contributed by atoms with E-state index in [1.54, 1.807) is 11.8 Å². The van der Waals surface area contributed by atoms with Crippen LogP contribution >= 0.6 is 0 Å². The van der Waals surface area contributed by atoms with Gasteiger partial charge in [0, 0.05) is 33.0 Å². The first-order valence-corrected chi connectivity index (χ1v) is 6.33. The standard InChI is InChI=1S/C12H21N3O3/c1-9(12(18)13-2)14-10(16)6-8-15-7-4-3-5-11(15)17/h9H,3-8H2,1-2H3,(H,13,18)(H,14,16)/t9-/m0/s1. The summed E-state index contributed by atoms with van der Waals surface area (Å²) in [7, 11) is 1.53. The normalized spacial score (nSPS) is 17.2. The Morgan fingerprint density at radius 2 is 2.11 bits per heavy atom. The number of carbonyl (C=O) groups is 3. The Hall–Kier alpha value is -1.59. The second-order valence-corrected chi connectivity index (χ2v) is 4.49. The molecule has 0 unspecified atom stereocenters. The highest BCUT2D eigenvalue weighted by Gasteiger charge is 2.19. The highest BCUT2D eigenvalue weighted by atomic mass is 16.2. The van der Waals surface area contributed by atoms with Crippen LogP contribution in [0.4, 0.5) is 0 Å². The average Bonchev–Trinajstić information content (AvgIpc) is 2.36. The molecule has 0 bridgehead atoms. The van der Waals surface area contributed by atoms with Gasteiger partial charge in [0.1, 0.15) is 6.04 Å². The van der Waals surface area contributed by atoms with Crippen molar-refractivity contribution in [1.29, 1.82) is 0 Å². The fourth-order valence-electron chi connectivity index (χ4n) is 1.93. The molecule has 0 aromatic rings. The number of carbonyl (C=O) groups excluding carboxylic acids is 3. The van der Waals surface area contributed by atoms with Crippen LogP contribution in [0.25, 0.3) is 0 Å². The van der Waals surface area contributed by atoms with E-state index < -0.39 is 6.04 Å². The molecule has 1 rings (SSSR count). The first-order valence-electron chi connectivity index (χ1n) is 6.33. The van der Waals surface area contributed by atoms with E-state index >= 15 is 0 Å². The van der Waals surface area contributed by atoms with Gasteiger partial charge in [0.25, 0.3) is 0 Å². The van der Waals surface area contributed by atoms with Gasteiger partial charge in [0.2, 0.25) is 17.7 Å². The molecule has 0 spiro atoms. The summed E-state index contributed by atoms with van der Waals surface area (Å²) in [5.41, 5.74) is 0. The van der Waals surface area contributed by atoms with Crippen molar-refractivity contribution in [3.05, 3.63) is 0 Å². The molecule has 2 N–H and O–H groups in total. The zero-order valence-electron chi connectivity index (χ0n) is 11.0. The van der Waals surface area contributed by atoms with Crippen LogP contribution in [0, 0.1) is 0 Å². The lowest BCUT2D eigenvalue weighted by atomic mass is 10.1. The Bertz CT molecular complexity index is 331. The van der Waals surface area contributed by atoms with Crippen LogP contribution in [-0.4, -0.2) is 48.8 Å². The van der Waals surface area contributed by atoms with E-state index in [0.29, 0.717) is 13.0 Å². The number of hydrogen-bond acceptors (Lipinski definition) is 3. The number of likely N-dealkylation sites (tertiary alicyclic amines) is 1. The number of hydrogen-bond donors (Lipinski definition) is 2. The predicted octanol–water partition coefficient (Wildman–Crippen LogP) is -0.360. The summed E-state index contributed by atoms with van der Waals surface area (Å²) >= 11 is 0. The van der Waals surface area contributed by atoms with E-state index in [0.717, 1.165) is 19.4 Å². The number of rotatable bonds is 5. The maximum Gasteiger partial charge on any atom is 0.242 e. The van der Waals surface area contributed by atoms with Crippen molar-refractivity contribution >= 4 is 17.7 Å². The molecule has 1 saturated heterocycles. The number of likely N-dealkylation sites (N-methyl/N-ethyl adjacent to an activating group) is 1. The third-order valence-corrected chi connectivity index (χ3v) is 3.05. The topological polar surface area (TPSA) is 78.5 Å². The maximum absolute atomic E-state index is 11.6. The minimum Gasteiger partial charge on any atom is -0.357 e. The van der Waals surface area contributed by atoms with Gasteiger partial charge >= 0.3 is 0 Å². The highest BCUT2D eigenvalue weighted by Crippen LogP contribution is 2.10. The van der Waals surface area contributed by atoms with Gasteiger partial charge in [-0.3, -0.25) is 14.4 Å². The van der Waals surface area contributed by atoms with Gasteiger partial charge in [0.15, 0.2) is 0 Å². The van der Waals surface area contributed by atoms with Crippen LogP contribution in [0.3, 0.4) is 0 Å². The molecule has 1 fully saturated rings. The molecule has 1 aliphatic rings. The Balaban J connectivity index is 2.28. The summed E-state index contributed by atoms with van der Waals surface area (Å²) < 4.78 is 0. The Morgan fingerprint density at radius 1 is 1.39 bits per heavy atom. The number of piperidine rings is 1. The lowest BCUT2D eigenvalue weighted by molar-refractivity contribution is -0.134. The zero-order valence-corrected chi connectivity index (χ0v) is 11.0. The summed E-state index contributed by atoms with van der Waals surface area (Å²) in [6.07, 6.45) is 2.76. The van der Waals surface area contributed by atoms with Gasteiger partial charge in [-0.05, 0) is 19.8 Å². The van der Waals surface area contributed by atoms with E-state index in [-0.39, 0.29) is 24.1 Å². The lowest BCUT2D eigenvalue weighted by Crippen LogP contribution is -2.45. The van der Waals surface area contributed by atoms with Crippen molar-refractivity contribution in [2.75, 3.05) is 20.1 Å². The predicted molar refractivity (Wildman–Crippen MR) is 66.7 cm³/mol. The molecule has 6 nitrogen and oxygen atoms in total. The van der Waals surface area contributed by atoms with E-state index in [2.05, 4.69) is 10.6 Å². The molecule has 0 aromatic carbocycles. The van der Waals surface area contributed by atoms with Crippen molar-refractivity contribution in [1.82, 2.24) is 15.5 Å².